The summed E-state index contributed by atoms with van der Waals surface area (Å²) in [6.07, 6.45) is 4.37. The van der Waals surface area contributed by atoms with Gasteiger partial charge in [-0.25, -0.2) is 0 Å². The lowest BCUT2D eigenvalue weighted by atomic mass is 9.89. The molecule has 0 saturated heterocycles. The van der Waals surface area contributed by atoms with Crippen LogP contribution in [0.5, 0.6) is 0 Å². The number of H-pyrrole nitrogens is 1. The van der Waals surface area contributed by atoms with Crippen LogP contribution in [0.2, 0.25) is 0 Å². The Balaban J connectivity index is 1.46. The second-order valence-corrected chi connectivity index (χ2v) is 13.2. The van der Waals surface area contributed by atoms with Gasteiger partial charge in [0.15, 0.2) is 0 Å². The van der Waals surface area contributed by atoms with Crippen LogP contribution in [0.1, 0.15) is 11.1 Å². The summed E-state index contributed by atoms with van der Waals surface area (Å²) in [6, 6.07) is 62.1. The van der Waals surface area contributed by atoms with Crippen LogP contribution in [-0.2, 0) is 0 Å². The largest absolute Gasteiger partial charge is 0.353 e. The summed E-state index contributed by atoms with van der Waals surface area (Å²) in [6.45, 7) is 0. The molecule has 0 fully saturated rings. The van der Waals surface area contributed by atoms with E-state index in [2.05, 4.69) is 141 Å². The number of anilines is 8. The number of fused-ring (bicyclic) bond motifs is 3. The van der Waals surface area contributed by atoms with Crippen molar-refractivity contribution in [1.29, 1.82) is 0 Å². The molecule has 0 saturated carbocycles. The van der Waals surface area contributed by atoms with Crippen LogP contribution in [0.15, 0.2) is 182 Å². The minimum absolute atomic E-state index is 0.768. The first-order valence-corrected chi connectivity index (χ1v) is 18.3. The molecule has 8 aromatic carbocycles. The van der Waals surface area contributed by atoms with Crippen LogP contribution in [0, 0.1) is 0 Å². The molecule has 0 radical (unpaired) electrons. The third-order valence-corrected chi connectivity index (χ3v) is 9.56. The van der Waals surface area contributed by atoms with Gasteiger partial charge in [-0.2, -0.15) is 0 Å². The number of aromatic amines is 1. The lowest BCUT2D eigenvalue weighted by Crippen LogP contribution is -2.09. The van der Waals surface area contributed by atoms with Gasteiger partial charge in [-0.1, -0.05) is 145 Å². The van der Waals surface area contributed by atoms with Gasteiger partial charge in [0, 0.05) is 44.8 Å². The summed E-state index contributed by atoms with van der Waals surface area (Å²) in [5.74, 6) is 0. The Labute approximate surface area is 319 Å². The van der Waals surface area contributed by atoms with E-state index in [1.165, 1.54) is 0 Å². The van der Waals surface area contributed by atoms with Gasteiger partial charge in [-0.3, -0.25) is 5.10 Å². The van der Waals surface area contributed by atoms with Crippen LogP contribution < -0.4 is 21.3 Å². The van der Waals surface area contributed by atoms with Gasteiger partial charge in [-0.05, 0) is 65.5 Å². The van der Waals surface area contributed by atoms with Gasteiger partial charge in [-0.15, -0.1) is 5.10 Å². The van der Waals surface area contributed by atoms with Crippen molar-refractivity contribution in [2.75, 3.05) is 21.3 Å². The molecular weight excluding hydrogens is 675 g/mol. The molecule has 9 rings (SSSR count). The number of rotatable bonds is 11. The molecule has 0 amide bonds. The second-order valence-electron chi connectivity index (χ2n) is 13.2. The standard InChI is InChI=1S/C48H37N7/c1-6-18-33(19-7-1)30-31-40-42(41-32-34-20-16-17-29-39(34)44-45(41)54-55-53-44)46(50-36-23-10-3-11-24-36)48(52-38-27-14-5-15-28-38)47(51-37-25-12-4-13-26-37)43(40)49-35-21-8-2-9-22-35/h1-32,49-52H,(H,53,54,55). The molecule has 0 spiro atoms. The van der Waals surface area contributed by atoms with Gasteiger partial charge in [0.25, 0.3) is 0 Å². The Morgan fingerprint density at radius 3 is 1.45 bits per heavy atom. The smallest absolute Gasteiger partial charge is 0.121 e. The maximum absolute atomic E-state index is 4.76. The molecule has 7 heteroatoms. The highest BCUT2D eigenvalue weighted by Crippen LogP contribution is 2.53. The average molecular weight is 712 g/mol. The second kappa shape index (κ2) is 15.1. The van der Waals surface area contributed by atoms with Crippen molar-refractivity contribution in [3.05, 3.63) is 193 Å². The number of aromatic nitrogens is 3. The Morgan fingerprint density at radius 2 is 0.891 bits per heavy atom. The molecule has 7 nitrogen and oxygen atoms in total. The summed E-state index contributed by atoms with van der Waals surface area (Å²) in [7, 11) is 0. The maximum atomic E-state index is 4.76. The van der Waals surface area contributed by atoms with E-state index in [1.54, 1.807) is 0 Å². The third kappa shape index (κ3) is 6.98. The van der Waals surface area contributed by atoms with Crippen molar-refractivity contribution in [2.45, 2.75) is 0 Å². The molecule has 5 N–H and O–H groups in total. The zero-order valence-electron chi connectivity index (χ0n) is 29.9. The number of benzene rings is 8. The van der Waals surface area contributed by atoms with Gasteiger partial charge in [0.05, 0.1) is 28.3 Å². The molecule has 0 bridgehead atoms. The van der Waals surface area contributed by atoms with Crippen molar-refractivity contribution in [1.82, 2.24) is 15.4 Å². The maximum Gasteiger partial charge on any atom is 0.121 e. The van der Waals surface area contributed by atoms with E-state index in [1.807, 2.05) is 84.9 Å². The average Bonchev–Trinajstić information content (AvgIpc) is 3.75. The summed E-state index contributed by atoms with van der Waals surface area (Å²) in [5.41, 5.74) is 12.7. The van der Waals surface area contributed by atoms with Gasteiger partial charge < -0.3 is 21.3 Å². The number of hydrogen-bond acceptors (Lipinski definition) is 6. The van der Waals surface area contributed by atoms with Crippen LogP contribution in [0.3, 0.4) is 0 Å². The Bertz CT molecular complexity index is 2730. The number of hydrogen-bond donors (Lipinski definition) is 5. The molecule has 0 unspecified atom stereocenters. The summed E-state index contributed by atoms with van der Waals surface area (Å²) in [5, 5.41) is 30.0. The SMILES string of the molecule is C(=Cc1c(Nc2ccccc2)c(Nc2ccccc2)c(Nc2ccccc2)c(Nc2ccccc2)c1-c1cc2ccccc2c2[nH]nnc12)c1ccccc1. The molecular formula is C48H37N7. The fourth-order valence-electron chi connectivity index (χ4n) is 7.00. The Hall–Kier alpha value is -7.64. The van der Waals surface area contributed by atoms with E-state index in [0.29, 0.717) is 0 Å². The normalized spacial score (nSPS) is 11.2. The van der Waals surface area contributed by atoms with E-state index in [4.69, 9.17) is 5.10 Å². The van der Waals surface area contributed by atoms with E-state index < -0.39 is 0 Å². The topological polar surface area (TPSA) is 89.7 Å². The van der Waals surface area contributed by atoms with E-state index in [9.17, 15) is 0 Å². The lowest BCUT2D eigenvalue weighted by Gasteiger charge is -2.28. The summed E-state index contributed by atoms with van der Waals surface area (Å²) >= 11 is 0. The summed E-state index contributed by atoms with van der Waals surface area (Å²) in [4.78, 5) is 0. The van der Waals surface area contributed by atoms with Gasteiger partial charge in [0.2, 0.25) is 0 Å². The Morgan fingerprint density at radius 1 is 0.436 bits per heavy atom. The van der Waals surface area contributed by atoms with E-state index in [-0.39, 0.29) is 0 Å². The van der Waals surface area contributed by atoms with Crippen molar-refractivity contribution >= 4 is 79.5 Å². The highest BCUT2D eigenvalue weighted by molar-refractivity contribution is 6.17. The van der Waals surface area contributed by atoms with Crippen LogP contribution in [0.25, 0.3) is 45.1 Å². The molecule has 0 aliphatic rings. The number of nitrogens with one attached hydrogen (secondary N) is 5. The summed E-state index contributed by atoms with van der Waals surface area (Å²) < 4.78 is 0. The quantitative estimate of drug-likeness (QED) is 0.0858. The van der Waals surface area contributed by atoms with Crippen molar-refractivity contribution in [2.24, 2.45) is 0 Å². The van der Waals surface area contributed by atoms with Crippen LogP contribution in [-0.4, -0.2) is 15.4 Å². The fourth-order valence-corrected chi connectivity index (χ4v) is 7.00. The lowest BCUT2D eigenvalue weighted by molar-refractivity contribution is 0.960. The van der Waals surface area contributed by atoms with Crippen molar-refractivity contribution < 1.29 is 0 Å². The van der Waals surface area contributed by atoms with Crippen molar-refractivity contribution in [3.8, 4) is 11.1 Å². The minimum Gasteiger partial charge on any atom is -0.353 e. The molecule has 0 aliphatic heterocycles. The van der Waals surface area contributed by atoms with E-state index >= 15 is 0 Å². The molecule has 264 valence electrons. The molecule has 0 atom stereocenters. The first-order chi connectivity index (χ1) is 27.3. The highest BCUT2D eigenvalue weighted by Gasteiger charge is 2.28. The monoisotopic (exact) mass is 711 g/mol. The zero-order chi connectivity index (χ0) is 36.8. The predicted molar refractivity (Wildman–Crippen MR) is 231 cm³/mol. The molecule has 1 heterocycles. The molecule has 55 heavy (non-hydrogen) atoms. The molecule has 1 aromatic heterocycles. The van der Waals surface area contributed by atoms with Gasteiger partial charge >= 0.3 is 0 Å². The Kier molecular flexibility index (Phi) is 9.15. The molecule has 9 aromatic rings. The zero-order valence-corrected chi connectivity index (χ0v) is 29.9. The van der Waals surface area contributed by atoms with Crippen LogP contribution >= 0.6 is 0 Å². The third-order valence-electron chi connectivity index (χ3n) is 9.56. The molecule has 0 aliphatic carbocycles. The fraction of sp³-hybridized carbons (Fsp3) is 0. The van der Waals surface area contributed by atoms with E-state index in [0.717, 1.165) is 89.6 Å². The minimum atomic E-state index is 0.768. The number of para-hydroxylation sites is 4. The first-order valence-electron chi connectivity index (χ1n) is 18.3. The first kappa shape index (κ1) is 33.2. The van der Waals surface area contributed by atoms with Crippen LogP contribution in [0.4, 0.5) is 45.5 Å². The van der Waals surface area contributed by atoms with Gasteiger partial charge in [0.1, 0.15) is 5.52 Å². The predicted octanol–water partition coefficient (Wildman–Crippen LogP) is 12.9. The number of nitrogens with zero attached hydrogens (tertiary/aromatic N) is 2. The van der Waals surface area contributed by atoms with Crippen molar-refractivity contribution in [3.63, 3.8) is 0 Å². The highest BCUT2D eigenvalue weighted by atomic mass is 15.3.